The van der Waals surface area contributed by atoms with Gasteiger partial charge in [-0.15, -0.1) is 0 Å². The van der Waals surface area contributed by atoms with Crippen molar-refractivity contribution in [3.8, 4) is 0 Å². The molecule has 1 aromatic heterocycles. The molecule has 1 unspecified atom stereocenters. The molecule has 3 rings (SSSR count). The standard InChI is InChI=1S/C21H23ClFN.C9H14FN/c1-4-5-6-16-17-11-18(22)19(23)12-20(17)24-21(16)14(3)15-9-7-13(2)8-10-15;1-4-6-8(3)11-7-9(10)5-2/h7-12,14,24H,4-6H2,1-3H3;5-7H,4H2,1-3H3/b;8-6+,9-5+,11-7+. The number of halogens is 3. The molecule has 0 spiro atoms. The molecule has 1 heterocycles. The predicted octanol–water partition coefficient (Wildman–Crippen LogP) is 10.0. The Bertz CT molecular complexity index is 1190. The Morgan fingerprint density at radius 1 is 1.17 bits per heavy atom. The number of unbranched alkanes of at least 4 members (excludes halogenated alkanes) is 1. The lowest BCUT2D eigenvalue weighted by atomic mass is 9.92. The maximum Gasteiger partial charge on any atom is 0.143 e. The summed E-state index contributed by atoms with van der Waals surface area (Å²) in [5, 5.41) is 1.23. The minimum Gasteiger partial charge on any atom is -0.358 e. The zero-order chi connectivity index (χ0) is 26.0. The third-order valence-corrected chi connectivity index (χ3v) is 6.23. The smallest absolute Gasteiger partial charge is 0.143 e. The van der Waals surface area contributed by atoms with E-state index >= 15 is 0 Å². The van der Waals surface area contributed by atoms with Crippen molar-refractivity contribution in [2.75, 3.05) is 0 Å². The van der Waals surface area contributed by atoms with E-state index in [1.165, 1.54) is 40.7 Å². The van der Waals surface area contributed by atoms with Crippen LogP contribution in [-0.4, -0.2) is 11.2 Å². The number of hydrogen-bond acceptors (Lipinski definition) is 1. The SMILES string of the molecule is CCCCc1c(C(C)c2ccc(C)cc2)[nH]c2cc(F)c(Cl)cc12.C\C=C(F)/C=N/C(C)=C/CC. The summed E-state index contributed by atoms with van der Waals surface area (Å²) >= 11 is 6.03. The van der Waals surface area contributed by atoms with Crippen LogP contribution >= 0.6 is 11.6 Å². The van der Waals surface area contributed by atoms with Gasteiger partial charge in [0.2, 0.25) is 0 Å². The van der Waals surface area contributed by atoms with Gasteiger partial charge < -0.3 is 4.98 Å². The van der Waals surface area contributed by atoms with Crippen molar-refractivity contribution in [2.24, 2.45) is 4.99 Å². The Balaban J connectivity index is 0.000000334. The van der Waals surface area contributed by atoms with Crippen LogP contribution in [-0.2, 0) is 6.42 Å². The number of nitrogens with zero attached hydrogens (tertiary/aromatic N) is 1. The molecule has 0 radical (unpaired) electrons. The lowest BCUT2D eigenvalue weighted by Gasteiger charge is -2.14. The summed E-state index contributed by atoms with van der Waals surface area (Å²) in [6, 6.07) is 11.9. The van der Waals surface area contributed by atoms with Gasteiger partial charge in [0.05, 0.1) is 11.2 Å². The fraction of sp³-hybridized carbons (Fsp3) is 0.367. The number of hydrogen-bond donors (Lipinski definition) is 1. The molecule has 0 saturated carbocycles. The topological polar surface area (TPSA) is 28.1 Å². The van der Waals surface area contributed by atoms with Gasteiger partial charge in [-0.05, 0) is 63.3 Å². The minimum absolute atomic E-state index is 0.189. The van der Waals surface area contributed by atoms with Crippen LogP contribution in [0.1, 0.15) is 82.2 Å². The van der Waals surface area contributed by atoms with Crippen molar-refractivity contribution in [2.45, 2.75) is 73.1 Å². The molecule has 3 aromatic rings. The van der Waals surface area contributed by atoms with E-state index in [0.717, 1.165) is 42.3 Å². The summed E-state index contributed by atoms with van der Waals surface area (Å²) in [7, 11) is 0. The summed E-state index contributed by atoms with van der Waals surface area (Å²) in [6.45, 7) is 12.0. The number of H-pyrrole nitrogens is 1. The Kier molecular flexibility index (Phi) is 11.4. The molecule has 5 heteroatoms. The number of aromatic nitrogens is 1. The second-order valence-corrected chi connectivity index (χ2v) is 9.16. The van der Waals surface area contributed by atoms with Gasteiger partial charge in [0.1, 0.15) is 11.6 Å². The quantitative estimate of drug-likeness (QED) is 0.299. The number of fused-ring (bicyclic) bond motifs is 1. The van der Waals surface area contributed by atoms with Crippen LogP contribution in [0.15, 0.2) is 65.1 Å². The van der Waals surface area contributed by atoms with Gasteiger partial charge in [0.25, 0.3) is 0 Å². The summed E-state index contributed by atoms with van der Waals surface area (Å²) in [4.78, 5) is 7.33. The zero-order valence-electron chi connectivity index (χ0n) is 21.7. The van der Waals surface area contributed by atoms with Gasteiger partial charge in [0.15, 0.2) is 0 Å². The van der Waals surface area contributed by atoms with Gasteiger partial charge in [-0.2, -0.15) is 0 Å². The zero-order valence-corrected chi connectivity index (χ0v) is 22.4. The van der Waals surface area contributed by atoms with Gasteiger partial charge in [-0.1, -0.05) is 80.8 Å². The summed E-state index contributed by atoms with van der Waals surface area (Å²) in [6.07, 6.45) is 8.68. The molecule has 1 N–H and O–H groups in total. The predicted molar refractivity (Wildman–Crippen MR) is 148 cm³/mol. The molecule has 35 heavy (non-hydrogen) atoms. The highest BCUT2D eigenvalue weighted by Crippen LogP contribution is 2.35. The van der Waals surface area contributed by atoms with Crippen molar-refractivity contribution < 1.29 is 8.78 Å². The van der Waals surface area contributed by atoms with Crippen LogP contribution in [0.25, 0.3) is 10.9 Å². The second-order valence-electron chi connectivity index (χ2n) is 8.75. The van der Waals surface area contributed by atoms with Gasteiger partial charge in [-0.25, -0.2) is 8.78 Å². The van der Waals surface area contributed by atoms with Crippen molar-refractivity contribution in [3.05, 3.63) is 93.3 Å². The van der Waals surface area contributed by atoms with E-state index in [-0.39, 0.29) is 22.6 Å². The molecular weight excluding hydrogens is 462 g/mol. The Hall–Kier alpha value is -2.72. The number of benzene rings is 2. The number of allylic oxidation sites excluding steroid dienone is 4. The second kappa shape index (κ2) is 14.0. The Morgan fingerprint density at radius 2 is 1.86 bits per heavy atom. The van der Waals surface area contributed by atoms with Crippen molar-refractivity contribution >= 4 is 28.7 Å². The average molecular weight is 499 g/mol. The normalized spacial score (nSPS) is 13.3. The van der Waals surface area contributed by atoms with E-state index in [9.17, 15) is 8.78 Å². The molecule has 2 aromatic carbocycles. The van der Waals surface area contributed by atoms with Crippen LogP contribution in [0.2, 0.25) is 5.02 Å². The fourth-order valence-electron chi connectivity index (χ4n) is 3.87. The lowest BCUT2D eigenvalue weighted by molar-refractivity contribution is 0.630. The molecular formula is C30H37ClF2N2. The number of rotatable bonds is 8. The molecule has 0 amide bonds. The van der Waals surface area contributed by atoms with Gasteiger partial charge in [0, 0.05) is 28.2 Å². The molecule has 188 valence electrons. The largest absolute Gasteiger partial charge is 0.358 e. The molecule has 0 saturated heterocycles. The monoisotopic (exact) mass is 498 g/mol. The molecule has 0 aliphatic rings. The van der Waals surface area contributed by atoms with Crippen LogP contribution in [0.4, 0.5) is 8.78 Å². The van der Waals surface area contributed by atoms with E-state index < -0.39 is 0 Å². The van der Waals surface area contributed by atoms with E-state index in [1.807, 2.05) is 19.9 Å². The first-order chi connectivity index (χ1) is 16.7. The van der Waals surface area contributed by atoms with Crippen LogP contribution in [0, 0.1) is 12.7 Å². The Labute approximate surface area is 213 Å². The van der Waals surface area contributed by atoms with Gasteiger partial charge in [-0.3, -0.25) is 4.99 Å². The lowest BCUT2D eigenvalue weighted by Crippen LogP contribution is -2.01. The molecule has 0 aliphatic carbocycles. The summed E-state index contributed by atoms with van der Waals surface area (Å²) < 4.78 is 26.3. The summed E-state index contributed by atoms with van der Waals surface area (Å²) in [5.41, 5.74) is 6.63. The van der Waals surface area contributed by atoms with Crippen LogP contribution < -0.4 is 0 Å². The fourth-order valence-corrected chi connectivity index (χ4v) is 4.03. The number of aryl methyl sites for hydroxylation is 2. The average Bonchev–Trinajstić information content (AvgIpc) is 3.19. The maximum absolute atomic E-state index is 13.9. The maximum atomic E-state index is 13.9. The first kappa shape index (κ1) is 28.5. The van der Waals surface area contributed by atoms with Crippen molar-refractivity contribution in [3.63, 3.8) is 0 Å². The molecule has 0 bridgehead atoms. The van der Waals surface area contributed by atoms with Crippen LogP contribution in [0.3, 0.4) is 0 Å². The number of nitrogens with one attached hydrogen (secondary N) is 1. The van der Waals surface area contributed by atoms with E-state index in [4.69, 9.17) is 11.6 Å². The first-order valence-corrected chi connectivity index (χ1v) is 12.7. The highest BCUT2D eigenvalue weighted by atomic mass is 35.5. The van der Waals surface area contributed by atoms with E-state index in [0.29, 0.717) is 0 Å². The summed E-state index contributed by atoms with van der Waals surface area (Å²) in [5.74, 6) is -0.442. The van der Waals surface area contributed by atoms with Crippen molar-refractivity contribution in [1.82, 2.24) is 4.98 Å². The van der Waals surface area contributed by atoms with E-state index in [1.54, 1.807) is 13.0 Å². The molecule has 1 atom stereocenters. The highest BCUT2D eigenvalue weighted by molar-refractivity contribution is 6.31. The third kappa shape index (κ3) is 8.17. The molecule has 0 fully saturated rings. The Morgan fingerprint density at radius 3 is 2.46 bits per heavy atom. The first-order valence-electron chi connectivity index (χ1n) is 12.3. The van der Waals surface area contributed by atoms with Crippen LogP contribution in [0.5, 0.6) is 0 Å². The molecule has 0 aliphatic heterocycles. The highest BCUT2D eigenvalue weighted by Gasteiger charge is 2.19. The molecule has 2 nitrogen and oxygen atoms in total. The number of aliphatic imine (C=N–C) groups is 1. The van der Waals surface area contributed by atoms with E-state index in [2.05, 4.69) is 55.0 Å². The minimum atomic E-state index is -0.373. The number of aromatic amines is 1. The third-order valence-electron chi connectivity index (χ3n) is 5.94. The van der Waals surface area contributed by atoms with Gasteiger partial charge >= 0.3 is 0 Å². The van der Waals surface area contributed by atoms with Crippen molar-refractivity contribution in [1.29, 1.82) is 0 Å².